The lowest BCUT2D eigenvalue weighted by Crippen LogP contribution is -2.53. The lowest BCUT2D eigenvalue weighted by atomic mass is 9.92. The van der Waals surface area contributed by atoms with Crippen LogP contribution in [0.3, 0.4) is 0 Å². The molecule has 3 nitrogen and oxygen atoms in total. The molecule has 1 atom stereocenters. The number of carbonyl (C=O) groups is 1. The topological polar surface area (TPSA) is 46.3 Å². The van der Waals surface area contributed by atoms with Crippen LogP contribution in [0.25, 0.3) is 0 Å². The van der Waals surface area contributed by atoms with Crippen LogP contribution in [0.2, 0.25) is 0 Å². The molecule has 3 heteroatoms. The summed E-state index contributed by atoms with van der Waals surface area (Å²) >= 11 is 0. The van der Waals surface area contributed by atoms with Crippen molar-refractivity contribution in [1.82, 2.24) is 4.90 Å². The molecule has 2 fully saturated rings. The fourth-order valence-corrected chi connectivity index (χ4v) is 3.89. The van der Waals surface area contributed by atoms with Gasteiger partial charge in [-0.15, -0.1) is 0 Å². The first kappa shape index (κ1) is 14.6. The molecule has 1 aliphatic heterocycles. The molecule has 1 aliphatic carbocycles. The monoisotopic (exact) mass is 286 g/mol. The number of hydrogen-bond acceptors (Lipinski definition) is 2. The second kappa shape index (κ2) is 6.18. The van der Waals surface area contributed by atoms with Crippen LogP contribution in [-0.4, -0.2) is 29.4 Å². The molecule has 21 heavy (non-hydrogen) atoms. The summed E-state index contributed by atoms with van der Waals surface area (Å²) in [7, 11) is 0. The SMILES string of the molecule is NC1(C(=O)N2CCCC(c3ccccc3)CC2)CCCC1. The molecule has 2 aliphatic rings. The van der Waals surface area contributed by atoms with Crippen molar-refractivity contribution in [2.45, 2.75) is 56.4 Å². The molecule has 1 saturated carbocycles. The molecular formula is C18H26N2O. The average molecular weight is 286 g/mol. The Hall–Kier alpha value is -1.35. The molecule has 114 valence electrons. The fourth-order valence-electron chi connectivity index (χ4n) is 3.89. The molecule has 1 saturated heterocycles. The molecule has 0 spiro atoms. The van der Waals surface area contributed by atoms with Gasteiger partial charge < -0.3 is 10.6 Å². The summed E-state index contributed by atoms with van der Waals surface area (Å²) in [5.74, 6) is 0.787. The van der Waals surface area contributed by atoms with Gasteiger partial charge in [0.25, 0.3) is 0 Å². The van der Waals surface area contributed by atoms with E-state index in [1.54, 1.807) is 0 Å². The highest BCUT2D eigenvalue weighted by molar-refractivity contribution is 5.86. The highest BCUT2D eigenvalue weighted by atomic mass is 16.2. The molecular weight excluding hydrogens is 260 g/mol. The third kappa shape index (κ3) is 3.13. The minimum absolute atomic E-state index is 0.203. The number of carbonyl (C=O) groups excluding carboxylic acids is 1. The van der Waals surface area contributed by atoms with Crippen LogP contribution >= 0.6 is 0 Å². The van der Waals surface area contributed by atoms with Crippen LogP contribution in [0.5, 0.6) is 0 Å². The number of benzene rings is 1. The lowest BCUT2D eigenvalue weighted by molar-refractivity contribution is -0.136. The third-order valence-corrected chi connectivity index (χ3v) is 5.21. The average Bonchev–Trinajstić information content (AvgIpc) is 2.83. The second-order valence-corrected chi connectivity index (χ2v) is 6.69. The minimum Gasteiger partial charge on any atom is -0.341 e. The van der Waals surface area contributed by atoms with Gasteiger partial charge in [-0.2, -0.15) is 0 Å². The van der Waals surface area contributed by atoms with Crippen LogP contribution in [-0.2, 0) is 4.79 Å². The van der Waals surface area contributed by atoms with Crippen LogP contribution in [0, 0.1) is 0 Å². The highest BCUT2D eigenvalue weighted by Crippen LogP contribution is 2.32. The Morgan fingerprint density at radius 3 is 2.48 bits per heavy atom. The van der Waals surface area contributed by atoms with Gasteiger partial charge in [0.1, 0.15) is 0 Å². The molecule has 1 heterocycles. The van der Waals surface area contributed by atoms with Crippen LogP contribution in [0.4, 0.5) is 0 Å². The number of nitrogens with two attached hydrogens (primary N) is 1. The predicted molar refractivity (Wildman–Crippen MR) is 85.0 cm³/mol. The standard InChI is InChI=1S/C18H26N2O/c19-18(11-4-5-12-18)17(21)20-13-6-9-16(10-14-20)15-7-2-1-3-8-15/h1-3,7-8,16H,4-6,9-14,19H2. The third-order valence-electron chi connectivity index (χ3n) is 5.21. The van der Waals surface area contributed by atoms with Crippen molar-refractivity contribution in [3.8, 4) is 0 Å². The largest absolute Gasteiger partial charge is 0.341 e. The minimum atomic E-state index is -0.563. The maximum absolute atomic E-state index is 12.7. The van der Waals surface area contributed by atoms with Crippen LogP contribution < -0.4 is 5.73 Å². The zero-order valence-electron chi connectivity index (χ0n) is 12.8. The first-order valence-electron chi connectivity index (χ1n) is 8.32. The Morgan fingerprint density at radius 2 is 1.76 bits per heavy atom. The van der Waals surface area contributed by atoms with Gasteiger partial charge in [0.15, 0.2) is 0 Å². The zero-order valence-corrected chi connectivity index (χ0v) is 12.8. The molecule has 1 aromatic carbocycles. The molecule has 0 bridgehead atoms. The number of hydrogen-bond donors (Lipinski definition) is 1. The summed E-state index contributed by atoms with van der Waals surface area (Å²) in [6.07, 6.45) is 7.25. The predicted octanol–water partition coefficient (Wildman–Crippen LogP) is 3.05. The lowest BCUT2D eigenvalue weighted by Gasteiger charge is -2.30. The molecule has 2 N–H and O–H groups in total. The van der Waals surface area contributed by atoms with Gasteiger partial charge in [0, 0.05) is 13.1 Å². The first-order valence-corrected chi connectivity index (χ1v) is 8.32. The number of nitrogens with zero attached hydrogens (tertiary/aromatic N) is 1. The van der Waals surface area contributed by atoms with E-state index in [2.05, 4.69) is 30.3 Å². The van der Waals surface area contributed by atoms with Crippen molar-refractivity contribution < 1.29 is 4.79 Å². The molecule has 1 unspecified atom stereocenters. The molecule has 1 amide bonds. The van der Waals surface area contributed by atoms with Gasteiger partial charge >= 0.3 is 0 Å². The maximum Gasteiger partial charge on any atom is 0.242 e. The van der Waals surface area contributed by atoms with Crippen LogP contribution in [0.1, 0.15) is 56.4 Å². The van der Waals surface area contributed by atoms with Gasteiger partial charge in [0.2, 0.25) is 5.91 Å². The summed E-state index contributed by atoms with van der Waals surface area (Å²) in [6.45, 7) is 1.73. The Kier molecular flexibility index (Phi) is 4.29. The molecule has 0 aromatic heterocycles. The number of likely N-dealkylation sites (tertiary alicyclic amines) is 1. The van der Waals surface area contributed by atoms with Crippen molar-refractivity contribution >= 4 is 5.91 Å². The normalized spacial score (nSPS) is 25.6. The van der Waals surface area contributed by atoms with E-state index in [1.165, 1.54) is 12.0 Å². The molecule has 0 radical (unpaired) electrons. The van der Waals surface area contributed by atoms with E-state index in [0.29, 0.717) is 5.92 Å². The van der Waals surface area contributed by atoms with Crippen molar-refractivity contribution in [3.05, 3.63) is 35.9 Å². The molecule has 1 aromatic rings. The fraction of sp³-hybridized carbons (Fsp3) is 0.611. The van der Waals surface area contributed by atoms with E-state index in [0.717, 1.165) is 51.6 Å². The van der Waals surface area contributed by atoms with Gasteiger partial charge in [0.05, 0.1) is 5.54 Å². The number of rotatable bonds is 2. The Morgan fingerprint density at radius 1 is 1.05 bits per heavy atom. The number of amides is 1. The van der Waals surface area contributed by atoms with Gasteiger partial charge in [-0.1, -0.05) is 43.2 Å². The Bertz CT molecular complexity index is 479. The summed E-state index contributed by atoms with van der Waals surface area (Å²) in [4.78, 5) is 14.8. The van der Waals surface area contributed by atoms with Crippen molar-refractivity contribution in [3.63, 3.8) is 0 Å². The van der Waals surface area contributed by atoms with Crippen LogP contribution in [0.15, 0.2) is 30.3 Å². The summed E-state index contributed by atoms with van der Waals surface area (Å²) < 4.78 is 0. The van der Waals surface area contributed by atoms with E-state index in [4.69, 9.17) is 5.73 Å². The van der Waals surface area contributed by atoms with Gasteiger partial charge in [-0.3, -0.25) is 4.79 Å². The van der Waals surface area contributed by atoms with Gasteiger partial charge in [-0.05, 0) is 43.6 Å². The van der Waals surface area contributed by atoms with E-state index < -0.39 is 5.54 Å². The van der Waals surface area contributed by atoms with Crippen molar-refractivity contribution in [2.24, 2.45) is 5.73 Å². The van der Waals surface area contributed by atoms with Gasteiger partial charge in [-0.25, -0.2) is 0 Å². The quantitative estimate of drug-likeness (QED) is 0.908. The molecule has 3 rings (SSSR count). The van der Waals surface area contributed by atoms with Crippen molar-refractivity contribution in [2.75, 3.05) is 13.1 Å². The van der Waals surface area contributed by atoms with E-state index in [-0.39, 0.29) is 5.91 Å². The first-order chi connectivity index (χ1) is 10.2. The van der Waals surface area contributed by atoms with E-state index >= 15 is 0 Å². The van der Waals surface area contributed by atoms with E-state index in [1.807, 2.05) is 4.90 Å². The maximum atomic E-state index is 12.7. The highest BCUT2D eigenvalue weighted by Gasteiger charge is 2.40. The Labute approximate surface area is 127 Å². The van der Waals surface area contributed by atoms with E-state index in [9.17, 15) is 4.79 Å². The summed E-state index contributed by atoms with van der Waals surface area (Å²) in [6, 6.07) is 10.7. The summed E-state index contributed by atoms with van der Waals surface area (Å²) in [5.41, 5.74) is 7.19. The zero-order chi connectivity index (χ0) is 14.7. The Balaban J connectivity index is 1.64. The second-order valence-electron chi connectivity index (χ2n) is 6.69. The van der Waals surface area contributed by atoms with Crippen molar-refractivity contribution in [1.29, 1.82) is 0 Å². The summed E-state index contributed by atoms with van der Waals surface area (Å²) in [5, 5.41) is 0. The smallest absolute Gasteiger partial charge is 0.242 e.